The third-order valence-electron chi connectivity index (χ3n) is 3.30. The number of halogens is 3. The second-order valence-electron chi connectivity index (χ2n) is 5.14. The largest absolute Gasteiger partial charge is 0.418 e. The molecule has 4 nitrogen and oxygen atoms in total. The number of hydrogen-bond acceptors (Lipinski definition) is 2. The van der Waals surface area contributed by atoms with Gasteiger partial charge in [-0.25, -0.2) is 0 Å². The van der Waals surface area contributed by atoms with E-state index >= 15 is 0 Å². The Hall–Kier alpha value is -2.05. The van der Waals surface area contributed by atoms with Gasteiger partial charge in [-0.2, -0.15) is 13.2 Å². The SMILES string of the molecule is CCCCC(=O)NCCN(C(C)=O)c1ccccc1C(F)(F)F. The van der Waals surface area contributed by atoms with Gasteiger partial charge in [0, 0.05) is 26.4 Å². The fourth-order valence-corrected chi connectivity index (χ4v) is 2.13. The molecule has 0 unspecified atom stereocenters. The fourth-order valence-electron chi connectivity index (χ4n) is 2.13. The summed E-state index contributed by atoms with van der Waals surface area (Å²) in [6.07, 6.45) is -2.55. The number of amides is 2. The van der Waals surface area contributed by atoms with E-state index in [1.54, 1.807) is 0 Å². The fraction of sp³-hybridized carbons (Fsp3) is 0.500. The van der Waals surface area contributed by atoms with Gasteiger partial charge in [0.05, 0.1) is 11.3 Å². The van der Waals surface area contributed by atoms with Crippen molar-refractivity contribution in [3.63, 3.8) is 0 Å². The number of hydrogen-bond donors (Lipinski definition) is 1. The lowest BCUT2D eigenvalue weighted by molar-refractivity contribution is -0.137. The Kier molecular flexibility index (Phi) is 7.06. The van der Waals surface area contributed by atoms with Crippen LogP contribution in [0.3, 0.4) is 0 Å². The highest BCUT2D eigenvalue weighted by Gasteiger charge is 2.35. The van der Waals surface area contributed by atoms with E-state index in [9.17, 15) is 22.8 Å². The smallest absolute Gasteiger partial charge is 0.354 e. The molecule has 0 spiro atoms. The van der Waals surface area contributed by atoms with Crippen LogP contribution < -0.4 is 10.2 Å². The standard InChI is InChI=1S/C16H21F3N2O2/c1-3-4-9-15(23)20-10-11-21(12(2)22)14-8-6-5-7-13(14)16(17,18)19/h5-8H,3-4,9-11H2,1-2H3,(H,20,23). The molecule has 1 aromatic carbocycles. The molecule has 0 heterocycles. The average molecular weight is 330 g/mol. The molecule has 1 rings (SSSR count). The van der Waals surface area contributed by atoms with E-state index < -0.39 is 17.6 Å². The number of para-hydroxylation sites is 1. The summed E-state index contributed by atoms with van der Waals surface area (Å²) in [6, 6.07) is 4.91. The van der Waals surface area contributed by atoms with Crippen molar-refractivity contribution in [2.45, 2.75) is 39.3 Å². The summed E-state index contributed by atoms with van der Waals surface area (Å²) in [5.74, 6) is -0.677. The molecule has 7 heteroatoms. The molecule has 0 aliphatic carbocycles. The van der Waals surface area contributed by atoms with Crippen LogP contribution in [0.15, 0.2) is 24.3 Å². The van der Waals surface area contributed by atoms with Gasteiger partial charge < -0.3 is 10.2 Å². The first-order valence-electron chi connectivity index (χ1n) is 7.48. The lowest BCUT2D eigenvalue weighted by Crippen LogP contribution is -2.38. The number of rotatable bonds is 7. The molecule has 128 valence electrons. The maximum Gasteiger partial charge on any atom is 0.418 e. The van der Waals surface area contributed by atoms with Crippen LogP contribution in [-0.2, 0) is 15.8 Å². The Morgan fingerprint density at radius 1 is 1.22 bits per heavy atom. The van der Waals surface area contributed by atoms with Crippen molar-refractivity contribution < 1.29 is 22.8 Å². The summed E-state index contributed by atoms with van der Waals surface area (Å²) in [6.45, 7) is 3.25. The Balaban J connectivity index is 2.81. The van der Waals surface area contributed by atoms with Crippen molar-refractivity contribution in [2.75, 3.05) is 18.0 Å². The molecule has 0 saturated heterocycles. The average Bonchev–Trinajstić information content (AvgIpc) is 2.48. The van der Waals surface area contributed by atoms with Crippen LogP contribution in [0.5, 0.6) is 0 Å². The topological polar surface area (TPSA) is 49.4 Å². The lowest BCUT2D eigenvalue weighted by atomic mass is 10.1. The minimum Gasteiger partial charge on any atom is -0.354 e. The highest BCUT2D eigenvalue weighted by Crippen LogP contribution is 2.36. The molecule has 0 atom stereocenters. The van der Waals surface area contributed by atoms with E-state index in [0.29, 0.717) is 6.42 Å². The van der Waals surface area contributed by atoms with Gasteiger partial charge in [0.25, 0.3) is 0 Å². The molecule has 0 aliphatic rings. The van der Waals surface area contributed by atoms with Crippen molar-refractivity contribution >= 4 is 17.5 Å². The molecule has 1 aromatic rings. The van der Waals surface area contributed by atoms with E-state index in [0.717, 1.165) is 23.8 Å². The second kappa shape index (κ2) is 8.55. The van der Waals surface area contributed by atoms with Gasteiger partial charge in [0.1, 0.15) is 0 Å². The summed E-state index contributed by atoms with van der Waals surface area (Å²) in [7, 11) is 0. The van der Waals surface area contributed by atoms with Gasteiger partial charge in [-0.15, -0.1) is 0 Å². The van der Waals surface area contributed by atoms with Crippen molar-refractivity contribution in [3.8, 4) is 0 Å². The zero-order valence-electron chi connectivity index (χ0n) is 13.2. The Morgan fingerprint density at radius 2 is 1.87 bits per heavy atom. The molecule has 0 radical (unpaired) electrons. The predicted molar refractivity (Wildman–Crippen MR) is 82.0 cm³/mol. The summed E-state index contributed by atoms with van der Waals surface area (Å²) in [5, 5.41) is 2.62. The molecule has 0 aliphatic heterocycles. The molecular formula is C16H21F3N2O2. The molecule has 0 bridgehead atoms. The molecule has 23 heavy (non-hydrogen) atoms. The van der Waals surface area contributed by atoms with Gasteiger partial charge in [0.2, 0.25) is 11.8 Å². The van der Waals surface area contributed by atoms with Crippen molar-refractivity contribution in [2.24, 2.45) is 0 Å². The van der Waals surface area contributed by atoms with Crippen LogP contribution in [0, 0.1) is 0 Å². The van der Waals surface area contributed by atoms with Gasteiger partial charge in [-0.3, -0.25) is 9.59 Å². The van der Waals surface area contributed by atoms with Crippen LogP contribution in [0.2, 0.25) is 0 Å². The van der Waals surface area contributed by atoms with Crippen molar-refractivity contribution in [1.82, 2.24) is 5.32 Å². The predicted octanol–water partition coefficient (Wildman–Crippen LogP) is 3.36. The summed E-state index contributed by atoms with van der Waals surface area (Å²) in [4.78, 5) is 24.3. The van der Waals surface area contributed by atoms with E-state index in [1.807, 2.05) is 6.92 Å². The maximum absolute atomic E-state index is 13.1. The Morgan fingerprint density at radius 3 is 2.43 bits per heavy atom. The molecule has 0 aromatic heterocycles. The van der Waals surface area contributed by atoms with Crippen molar-refractivity contribution in [1.29, 1.82) is 0 Å². The van der Waals surface area contributed by atoms with Crippen molar-refractivity contribution in [3.05, 3.63) is 29.8 Å². The first-order chi connectivity index (χ1) is 10.8. The quantitative estimate of drug-likeness (QED) is 0.833. The zero-order chi connectivity index (χ0) is 17.5. The normalized spacial score (nSPS) is 11.2. The third kappa shape index (κ3) is 5.92. The van der Waals surface area contributed by atoms with E-state index in [-0.39, 0.29) is 24.7 Å². The molecule has 0 fully saturated rings. The van der Waals surface area contributed by atoms with E-state index in [2.05, 4.69) is 5.32 Å². The number of carbonyl (C=O) groups is 2. The van der Waals surface area contributed by atoms with Crippen LogP contribution >= 0.6 is 0 Å². The number of nitrogens with zero attached hydrogens (tertiary/aromatic N) is 1. The minimum atomic E-state index is -4.55. The second-order valence-corrected chi connectivity index (χ2v) is 5.14. The summed E-state index contributed by atoms with van der Waals surface area (Å²) < 4.78 is 39.2. The van der Waals surface area contributed by atoms with Gasteiger partial charge in [-0.1, -0.05) is 25.5 Å². The molecule has 1 N–H and O–H groups in total. The summed E-state index contributed by atoms with van der Waals surface area (Å²) >= 11 is 0. The summed E-state index contributed by atoms with van der Waals surface area (Å²) in [5.41, 5.74) is -1.07. The zero-order valence-corrected chi connectivity index (χ0v) is 13.2. The maximum atomic E-state index is 13.1. The number of alkyl halides is 3. The van der Waals surface area contributed by atoms with Gasteiger partial charge in [-0.05, 0) is 18.6 Å². The third-order valence-corrected chi connectivity index (χ3v) is 3.30. The monoisotopic (exact) mass is 330 g/mol. The highest BCUT2D eigenvalue weighted by atomic mass is 19.4. The van der Waals surface area contributed by atoms with E-state index in [1.165, 1.54) is 25.1 Å². The van der Waals surface area contributed by atoms with Gasteiger partial charge in [0.15, 0.2) is 0 Å². The van der Waals surface area contributed by atoms with Gasteiger partial charge >= 0.3 is 6.18 Å². The molecule has 0 saturated carbocycles. The number of carbonyl (C=O) groups excluding carboxylic acids is 2. The van der Waals surface area contributed by atoms with Crippen LogP contribution in [0.1, 0.15) is 38.7 Å². The number of benzene rings is 1. The first kappa shape index (κ1) is 19.0. The molecule has 2 amide bonds. The van der Waals surface area contributed by atoms with Crippen LogP contribution in [-0.4, -0.2) is 24.9 Å². The number of unbranched alkanes of at least 4 members (excludes halogenated alkanes) is 1. The minimum absolute atomic E-state index is 0.0136. The highest BCUT2D eigenvalue weighted by molar-refractivity contribution is 5.92. The van der Waals surface area contributed by atoms with Crippen LogP contribution in [0.4, 0.5) is 18.9 Å². The lowest BCUT2D eigenvalue weighted by Gasteiger charge is -2.25. The Labute approximate surface area is 133 Å². The molecular weight excluding hydrogens is 309 g/mol. The van der Waals surface area contributed by atoms with E-state index in [4.69, 9.17) is 0 Å². The number of anilines is 1. The Bertz CT molecular complexity index is 544. The number of nitrogens with one attached hydrogen (secondary N) is 1. The van der Waals surface area contributed by atoms with Crippen LogP contribution in [0.25, 0.3) is 0 Å². The first-order valence-corrected chi connectivity index (χ1v) is 7.48.